The van der Waals surface area contributed by atoms with E-state index in [1.165, 1.54) is 0 Å². The first kappa shape index (κ1) is 13.5. The molecule has 0 amide bonds. The molecule has 2 N–H and O–H groups in total. The topological polar surface area (TPSA) is 79.4 Å². The van der Waals surface area contributed by atoms with Gasteiger partial charge in [0.2, 0.25) is 5.88 Å². The zero-order valence-electron chi connectivity index (χ0n) is 9.24. The highest BCUT2D eigenvalue weighted by Crippen LogP contribution is 2.27. The number of nitrogens with one attached hydrogen (secondary N) is 2. The van der Waals surface area contributed by atoms with Crippen molar-refractivity contribution < 1.29 is 18.0 Å². The first-order valence-electron chi connectivity index (χ1n) is 4.86. The second-order valence-corrected chi connectivity index (χ2v) is 4.36. The van der Waals surface area contributed by atoms with Crippen molar-refractivity contribution in [3.05, 3.63) is 34.6 Å². The summed E-state index contributed by atoms with van der Waals surface area (Å²) in [5.41, 5.74) is -2.10. The number of rotatable bonds is 3. The number of aromatic amines is 1. The van der Waals surface area contributed by atoms with Crippen molar-refractivity contribution >= 4 is 17.6 Å². The van der Waals surface area contributed by atoms with Crippen LogP contribution in [0.2, 0.25) is 0 Å². The van der Waals surface area contributed by atoms with Crippen LogP contribution in [-0.4, -0.2) is 21.6 Å². The SMILES string of the molecule is C=C1NC(CSc2nc(C(F)(F)F)cc(=O)[nH]2)=NO1. The van der Waals surface area contributed by atoms with Gasteiger partial charge in [0, 0.05) is 6.07 Å². The molecule has 0 aromatic carbocycles. The number of aromatic nitrogens is 2. The summed E-state index contributed by atoms with van der Waals surface area (Å²) in [4.78, 5) is 21.3. The predicted octanol–water partition coefficient (Wildman–Crippen LogP) is 1.29. The Bertz CT molecular complexity index is 596. The maximum absolute atomic E-state index is 12.4. The van der Waals surface area contributed by atoms with E-state index in [2.05, 4.69) is 31.9 Å². The van der Waals surface area contributed by atoms with E-state index < -0.39 is 17.4 Å². The minimum Gasteiger partial charge on any atom is -0.337 e. The third kappa shape index (κ3) is 3.50. The lowest BCUT2D eigenvalue weighted by Crippen LogP contribution is -2.20. The molecule has 1 aromatic rings. The largest absolute Gasteiger partial charge is 0.433 e. The highest BCUT2D eigenvalue weighted by atomic mass is 32.2. The summed E-state index contributed by atoms with van der Waals surface area (Å²) in [5, 5.41) is 6.07. The number of nitrogens with zero attached hydrogens (tertiary/aromatic N) is 2. The molecule has 0 saturated carbocycles. The fourth-order valence-electron chi connectivity index (χ4n) is 1.16. The van der Waals surface area contributed by atoms with Crippen LogP contribution in [0.5, 0.6) is 0 Å². The minimum atomic E-state index is -4.66. The summed E-state index contributed by atoms with van der Waals surface area (Å²) in [7, 11) is 0. The first-order valence-corrected chi connectivity index (χ1v) is 5.84. The molecular formula is C9H7F3N4O2S. The molecule has 0 aliphatic carbocycles. The van der Waals surface area contributed by atoms with Gasteiger partial charge in [-0.15, -0.1) is 0 Å². The van der Waals surface area contributed by atoms with Crippen LogP contribution in [0.4, 0.5) is 13.2 Å². The Morgan fingerprint density at radius 2 is 2.21 bits per heavy atom. The lowest BCUT2D eigenvalue weighted by Gasteiger charge is -2.06. The fraction of sp³-hybridized carbons (Fsp3) is 0.222. The molecule has 102 valence electrons. The van der Waals surface area contributed by atoms with Gasteiger partial charge < -0.3 is 15.1 Å². The Balaban J connectivity index is 2.11. The van der Waals surface area contributed by atoms with E-state index in [0.29, 0.717) is 11.9 Å². The summed E-state index contributed by atoms with van der Waals surface area (Å²) in [5.74, 6) is 0.750. The molecule has 6 nitrogen and oxygen atoms in total. The van der Waals surface area contributed by atoms with Gasteiger partial charge in [-0.2, -0.15) is 13.2 Å². The van der Waals surface area contributed by atoms with Gasteiger partial charge in [0.05, 0.1) is 5.75 Å². The third-order valence-electron chi connectivity index (χ3n) is 1.91. The van der Waals surface area contributed by atoms with Crippen molar-refractivity contribution in [2.45, 2.75) is 11.3 Å². The molecule has 2 rings (SSSR count). The van der Waals surface area contributed by atoms with Gasteiger partial charge in [-0.05, 0) is 6.58 Å². The zero-order valence-corrected chi connectivity index (χ0v) is 10.1. The van der Waals surface area contributed by atoms with E-state index in [4.69, 9.17) is 0 Å². The second-order valence-electron chi connectivity index (χ2n) is 3.40. The Hall–Kier alpha value is -1.97. The second kappa shape index (κ2) is 4.96. The van der Waals surface area contributed by atoms with Crippen LogP contribution in [0.1, 0.15) is 5.69 Å². The molecule has 0 bridgehead atoms. The van der Waals surface area contributed by atoms with Gasteiger partial charge >= 0.3 is 6.18 Å². The third-order valence-corrected chi connectivity index (χ3v) is 2.79. The van der Waals surface area contributed by atoms with Gasteiger partial charge in [0.25, 0.3) is 5.56 Å². The smallest absolute Gasteiger partial charge is 0.337 e. The molecule has 1 aromatic heterocycles. The molecule has 0 atom stereocenters. The van der Waals surface area contributed by atoms with Crippen LogP contribution >= 0.6 is 11.8 Å². The predicted molar refractivity (Wildman–Crippen MR) is 61.4 cm³/mol. The molecule has 0 radical (unpaired) electrons. The molecule has 2 heterocycles. The Labute approximate surface area is 108 Å². The number of H-pyrrole nitrogens is 1. The quantitative estimate of drug-likeness (QED) is 0.648. The number of oxime groups is 1. The number of alkyl halides is 3. The first-order chi connectivity index (χ1) is 8.84. The van der Waals surface area contributed by atoms with Crippen LogP contribution in [0.3, 0.4) is 0 Å². The van der Waals surface area contributed by atoms with Gasteiger partial charge in [0.15, 0.2) is 16.7 Å². The normalized spacial score (nSPS) is 14.9. The summed E-state index contributed by atoms with van der Waals surface area (Å²) in [6, 6.07) is 0.403. The van der Waals surface area contributed by atoms with Crippen LogP contribution in [0.15, 0.2) is 33.6 Å². The van der Waals surface area contributed by atoms with E-state index in [1.807, 2.05) is 0 Å². The van der Waals surface area contributed by atoms with Crippen molar-refractivity contribution in [2.24, 2.45) is 5.16 Å². The van der Waals surface area contributed by atoms with Gasteiger partial charge in [-0.1, -0.05) is 16.9 Å². The van der Waals surface area contributed by atoms with Crippen LogP contribution < -0.4 is 10.9 Å². The molecule has 0 fully saturated rings. The van der Waals surface area contributed by atoms with Crippen LogP contribution in [0, 0.1) is 0 Å². The maximum Gasteiger partial charge on any atom is 0.433 e. The molecular weight excluding hydrogens is 285 g/mol. The van der Waals surface area contributed by atoms with E-state index in [9.17, 15) is 18.0 Å². The van der Waals surface area contributed by atoms with Gasteiger partial charge in [-0.25, -0.2) is 4.98 Å². The van der Waals surface area contributed by atoms with Gasteiger partial charge in [0.1, 0.15) is 0 Å². The van der Waals surface area contributed by atoms with Crippen LogP contribution in [-0.2, 0) is 11.0 Å². The van der Waals surface area contributed by atoms with Gasteiger partial charge in [-0.3, -0.25) is 4.79 Å². The highest BCUT2D eigenvalue weighted by Gasteiger charge is 2.33. The number of hydrogen-bond donors (Lipinski definition) is 2. The number of thioether (sulfide) groups is 1. The molecule has 19 heavy (non-hydrogen) atoms. The lowest BCUT2D eigenvalue weighted by atomic mass is 10.4. The lowest BCUT2D eigenvalue weighted by molar-refractivity contribution is -0.141. The minimum absolute atomic E-state index is 0.151. The monoisotopic (exact) mass is 292 g/mol. The number of hydrogen-bond acceptors (Lipinski definition) is 6. The van der Waals surface area contributed by atoms with Crippen molar-refractivity contribution in [3.63, 3.8) is 0 Å². The number of amidine groups is 1. The molecule has 0 spiro atoms. The summed E-state index contributed by atoms with van der Waals surface area (Å²) in [6.45, 7) is 3.44. The molecule has 10 heteroatoms. The summed E-state index contributed by atoms with van der Waals surface area (Å²) >= 11 is 0.883. The molecule has 0 unspecified atom stereocenters. The standard InChI is InChI=1S/C9H7F3N4O2S/c1-4-13-6(16-18-4)3-19-8-14-5(9(10,11)12)2-7(17)15-8/h2H,1,3H2,(H,13,16)(H,14,15,17). The molecule has 0 saturated heterocycles. The average Bonchev–Trinajstić information content (AvgIpc) is 2.71. The highest BCUT2D eigenvalue weighted by molar-refractivity contribution is 7.99. The zero-order chi connectivity index (χ0) is 14.0. The van der Waals surface area contributed by atoms with Crippen molar-refractivity contribution in [3.8, 4) is 0 Å². The van der Waals surface area contributed by atoms with E-state index in [0.717, 1.165) is 11.8 Å². The van der Waals surface area contributed by atoms with Crippen molar-refractivity contribution in [1.82, 2.24) is 15.3 Å². The Kier molecular flexibility index (Phi) is 3.51. The maximum atomic E-state index is 12.4. The number of halogens is 3. The summed E-state index contributed by atoms with van der Waals surface area (Å²) < 4.78 is 37.3. The average molecular weight is 292 g/mol. The molecule has 1 aliphatic rings. The molecule has 1 aliphatic heterocycles. The van der Waals surface area contributed by atoms with Crippen molar-refractivity contribution in [2.75, 3.05) is 5.75 Å². The summed E-state index contributed by atoms with van der Waals surface area (Å²) in [6.07, 6.45) is -4.66. The Morgan fingerprint density at radius 3 is 2.79 bits per heavy atom. The Morgan fingerprint density at radius 1 is 1.47 bits per heavy atom. The van der Waals surface area contributed by atoms with E-state index >= 15 is 0 Å². The van der Waals surface area contributed by atoms with Crippen molar-refractivity contribution in [1.29, 1.82) is 0 Å². The van der Waals surface area contributed by atoms with E-state index in [1.54, 1.807) is 0 Å². The van der Waals surface area contributed by atoms with Crippen LogP contribution in [0.25, 0.3) is 0 Å². The fourth-order valence-corrected chi connectivity index (χ4v) is 1.90. The van der Waals surface area contributed by atoms with E-state index in [-0.39, 0.29) is 16.8 Å².